The lowest BCUT2D eigenvalue weighted by molar-refractivity contribution is -0.138. The summed E-state index contributed by atoms with van der Waals surface area (Å²) in [5.74, 6) is -1.68. The molecule has 0 radical (unpaired) electrons. The number of amides is 1. The third-order valence-corrected chi connectivity index (χ3v) is 8.06. The summed E-state index contributed by atoms with van der Waals surface area (Å²) in [6, 6.07) is 12.4. The van der Waals surface area contributed by atoms with Gasteiger partial charge in [0.05, 0.1) is 12.5 Å². The van der Waals surface area contributed by atoms with Crippen molar-refractivity contribution in [2.75, 3.05) is 20.6 Å². The Balaban J connectivity index is 1.75. The molecule has 1 amide bonds. The van der Waals surface area contributed by atoms with Gasteiger partial charge in [0.15, 0.2) is 0 Å². The topological polar surface area (TPSA) is 91.6 Å². The predicted octanol–water partition coefficient (Wildman–Crippen LogP) is 5.84. The Morgan fingerprint density at radius 3 is 2.57 bits per heavy atom. The summed E-state index contributed by atoms with van der Waals surface area (Å²) in [5.41, 5.74) is 4.91. The zero-order chi connectivity index (χ0) is 30.2. The number of carboxylic acid groups (broad SMARTS) is 1. The number of carboxylic acids is 1. The van der Waals surface area contributed by atoms with Crippen LogP contribution >= 0.6 is 0 Å². The number of aliphatic carboxylic acids is 1. The summed E-state index contributed by atoms with van der Waals surface area (Å²) in [7, 11) is 3.97. The van der Waals surface area contributed by atoms with E-state index in [0.717, 1.165) is 79.3 Å². The third kappa shape index (κ3) is 8.16. The Kier molecular flexibility index (Phi) is 10.7. The lowest BCUT2D eigenvalue weighted by Crippen LogP contribution is -2.39. The molecule has 2 N–H and O–H groups in total. The van der Waals surface area contributed by atoms with Gasteiger partial charge in [-0.1, -0.05) is 49.9 Å². The molecule has 0 aliphatic carbocycles. The van der Waals surface area contributed by atoms with Crippen molar-refractivity contribution < 1.29 is 19.1 Å². The van der Waals surface area contributed by atoms with Gasteiger partial charge in [-0.2, -0.15) is 0 Å². The first-order valence-corrected chi connectivity index (χ1v) is 14.9. The highest BCUT2D eigenvalue weighted by Crippen LogP contribution is 2.33. The van der Waals surface area contributed by atoms with Gasteiger partial charge in [-0.05, 0) is 98.3 Å². The van der Waals surface area contributed by atoms with Crippen LogP contribution in [0, 0.1) is 12.7 Å². The molecule has 224 valence electrons. The molecular formula is C34H42FN3O4. The number of nitrogens with zero attached hydrogens (tertiary/aromatic N) is 2. The second-order valence-electron chi connectivity index (χ2n) is 11.7. The van der Waals surface area contributed by atoms with E-state index in [2.05, 4.69) is 10.2 Å². The van der Waals surface area contributed by atoms with E-state index in [1.807, 2.05) is 45.3 Å². The molecule has 2 bridgehead atoms. The maximum absolute atomic E-state index is 14.4. The minimum absolute atomic E-state index is 0.255. The number of rotatable bonds is 6. The Bertz CT molecular complexity index is 1470. The largest absolute Gasteiger partial charge is 0.481 e. The van der Waals surface area contributed by atoms with E-state index >= 15 is 0 Å². The van der Waals surface area contributed by atoms with E-state index in [0.29, 0.717) is 12.0 Å². The van der Waals surface area contributed by atoms with Crippen LogP contribution in [0.15, 0.2) is 59.5 Å². The number of carbonyl (C=O) groups is 2. The molecule has 1 aliphatic heterocycles. The highest BCUT2D eigenvalue weighted by molar-refractivity contribution is 5.82. The summed E-state index contributed by atoms with van der Waals surface area (Å²) in [6.07, 6.45) is 7.91. The number of aryl methyl sites for hydroxylation is 2. The van der Waals surface area contributed by atoms with Crippen LogP contribution in [-0.4, -0.2) is 47.1 Å². The molecule has 1 aromatic heterocycles. The fourth-order valence-corrected chi connectivity index (χ4v) is 5.90. The molecular weight excluding hydrogens is 533 g/mol. The molecule has 0 spiro atoms. The number of halogens is 1. The van der Waals surface area contributed by atoms with Crippen LogP contribution in [0.5, 0.6) is 0 Å². The minimum atomic E-state index is -1.04. The number of hydrogen-bond donors (Lipinski definition) is 2. The van der Waals surface area contributed by atoms with Gasteiger partial charge < -0.3 is 19.9 Å². The number of benzene rings is 2. The average Bonchev–Trinajstić information content (AvgIpc) is 2.93. The van der Waals surface area contributed by atoms with Crippen LogP contribution in [-0.2, 0) is 22.4 Å². The molecule has 4 rings (SSSR count). The number of carbonyl (C=O) groups excluding carboxylic acids is 1. The van der Waals surface area contributed by atoms with Crippen molar-refractivity contribution in [1.82, 2.24) is 14.8 Å². The SMILES string of the molecule is Cc1cc(F)cc2c1-c1cccc(c1)[C@H](CC(=O)O)NC(=O)[C@@H](n1cc(CCN(C)C)ccc1=O)CCCCCCC2. The number of likely N-dealkylation sites (N-methyl/N-ethyl adjacent to an activating group) is 1. The highest BCUT2D eigenvalue weighted by atomic mass is 19.1. The van der Waals surface area contributed by atoms with Crippen LogP contribution in [0.3, 0.4) is 0 Å². The van der Waals surface area contributed by atoms with Gasteiger partial charge in [0.1, 0.15) is 11.9 Å². The first-order chi connectivity index (χ1) is 20.1. The molecule has 0 saturated heterocycles. The Labute approximate surface area is 247 Å². The van der Waals surface area contributed by atoms with Gasteiger partial charge in [0.25, 0.3) is 5.56 Å². The van der Waals surface area contributed by atoms with E-state index in [1.54, 1.807) is 18.3 Å². The Morgan fingerprint density at radius 2 is 1.81 bits per heavy atom. The summed E-state index contributed by atoms with van der Waals surface area (Å²) in [6.45, 7) is 2.69. The molecule has 1 aliphatic rings. The minimum Gasteiger partial charge on any atom is -0.481 e. The zero-order valence-electron chi connectivity index (χ0n) is 24.9. The standard InChI is InChI=1S/C34H42FN3O4/c1-23-18-28(35)20-27-10-7-5-4-6-8-13-30(38-22-24(14-15-31(38)39)16-17-37(2)3)34(42)36-29(21-32(40)41)25-11-9-12-26(19-25)33(23)27/h9,11-12,14-15,18-20,22,29-30H,4-8,10,13,16-17,21H2,1-3H3,(H,36,42)(H,40,41)/t29-,30-/m0/s1. The normalized spacial score (nSPS) is 18.4. The fraction of sp³-hybridized carbons (Fsp3) is 0.441. The van der Waals surface area contributed by atoms with Gasteiger partial charge >= 0.3 is 5.97 Å². The highest BCUT2D eigenvalue weighted by Gasteiger charge is 2.26. The van der Waals surface area contributed by atoms with Crippen LogP contribution in [0.1, 0.15) is 79.3 Å². The zero-order valence-corrected chi connectivity index (χ0v) is 24.9. The monoisotopic (exact) mass is 575 g/mol. The van der Waals surface area contributed by atoms with E-state index in [9.17, 15) is 23.9 Å². The van der Waals surface area contributed by atoms with Crippen molar-refractivity contribution in [3.63, 3.8) is 0 Å². The first kappa shape index (κ1) is 31.2. The van der Waals surface area contributed by atoms with Gasteiger partial charge in [-0.25, -0.2) is 4.39 Å². The van der Waals surface area contributed by atoms with E-state index < -0.39 is 18.1 Å². The van der Waals surface area contributed by atoms with Crippen LogP contribution in [0.4, 0.5) is 4.39 Å². The third-order valence-electron chi connectivity index (χ3n) is 8.06. The molecule has 2 atom stereocenters. The summed E-state index contributed by atoms with van der Waals surface area (Å²) < 4.78 is 15.9. The summed E-state index contributed by atoms with van der Waals surface area (Å²) in [5, 5.41) is 12.8. The van der Waals surface area contributed by atoms with Crippen LogP contribution < -0.4 is 10.9 Å². The molecule has 0 fully saturated rings. The Hall–Kier alpha value is -3.78. The molecule has 7 nitrogen and oxygen atoms in total. The Morgan fingerprint density at radius 1 is 1.05 bits per heavy atom. The van der Waals surface area contributed by atoms with Gasteiger partial charge in [0.2, 0.25) is 5.91 Å². The maximum atomic E-state index is 14.4. The number of fused-ring (bicyclic) bond motifs is 4. The molecule has 2 aromatic carbocycles. The van der Waals surface area contributed by atoms with Crippen molar-refractivity contribution in [3.05, 3.63) is 93.2 Å². The molecule has 3 aromatic rings. The average molecular weight is 576 g/mol. The summed E-state index contributed by atoms with van der Waals surface area (Å²) in [4.78, 5) is 40.9. The molecule has 0 saturated carbocycles. The fourth-order valence-electron chi connectivity index (χ4n) is 5.90. The van der Waals surface area contributed by atoms with Gasteiger partial charge in [-0.15, -0.1) is 0 Å². The lowest BCUT2D eigenvalue weighted by Gasteiger charge is -2.25. The van der Waals surface area contributed by atoms with E-state index in [-0.39, 0.29) is 23.7 Å². The summed E-state index contributed by atoms with van der Waals surface area (Å²) >= 11 is 0. The van der Waals surface area contributed by atoms with Crippen molar-refractivity contribution >= 4 is 11.9 Å². The van der Waals surface area contributed by atoms with Crippen molar-refractivity contribution in [3.8, 4) is 11.1 Å². The second kappa shape index (κ2) is 14.4. The molecule has 8 heteroatoms. The molecule has 0 unspecified atom stereocenters. The van der Waals surface area contributed by atoms with Crippen molar-refractivity contribution in [1.29, 1.82) is 0 Å². The van der Waals surface area contributed by atoms with Crippen LogP contribution in [0.2, 0.25) is 0 Å². The number of pyridine rings is 1. The maximum Gasteiger partial charge on any atom is 0.305 e. The van der Waals surface area contributed by atoms with Crippen LogP contribution in [0.25, 0.3) is 11.1 Å². The number of hydrogen-bond acceptors (Lipinski definition) is 4. The van der Waals surface area contributed by atoms with Gasteiger partial charge in [-0.3, -0.25) is 14.4 Å². The number of nitrogens with one attached hydrogen (secondary N) is 1. The molecule has 42 heavy (non-hydrogen) atoms. The van der Waals surface area contributed by atoms with E-state index in [4.69, 9.17) is 0 Å². The second-order valence-corrected chi connectivity index (χ2v) is 11.7. The molecule has 2 heterocycles. The predicted molar refractivity (Wildman–Crippen MR) is 163 cm³/mol. The van der Waals surface area contributed by atoms with Gasteiger partial charge in [0, 0.05) is 18.8 Å². The lowest BCUT2D eigenvalue weighted by atomic mass is 9.89. The smallest absolute Gasteiger partial charge is 0.305 e. The first-order valence-electron chi connectivity index (χ1n) is 14.9. The van der Waals surface area contributed by atoms with Crippen molar-refractivity contribution in [2.45, 2.75) is 76.8 Å². The van der Waals surface area contributed by atoms with Crippen molar-refractivity contribution in [2.24, 2.45) is 0 Å². The quantitative estimate of drug-likeness (QED) is 0.386. The van der Waals surface area contributed by atoms with E-state index in [1.165, 1.54) is 16.7 Å². The number of aromatic nitrogens is 1.